The Balaban J connectivity index is 2.76. The third kappa shape index (κ3) is 3.11. The van der Waals surface area contributed by atoms with Gasteiger partial charge < -0.3 is 20.5 Å². The van der Waals surface area contributed by atoms with Crippen LogP contribution >= 0.6 is 0 Å². The monoisotopic (exact) mass is 210 g/mol. The zero-order chi connectivity index (χ0) is 11.3. The number of nitrogens with two attached hydrogens (primary N) is 1. The molecule has 0 heterocycles. The largest absolute Gasteiger partial charge is 0.495 e. The lowest BCUT2D eigenvalue weighted by atomic mass is 10.2. The molecule has 0 bridgehead atoms. The summed E-state index contributed by atoms with van der Waals surface area (Å²) < 4.78 is 5.24. The Bertz CT molecular complexity index is 304. The Kier molecular flexibility index (Phi) is 4.39. The van der Waals surface area contributed by atoms with Crippen molar-refractivity contribution < 1.29 is 9.84 Å². The molecule has 4 nitrogen and oxygen atoms in total. The van der Waals surface area contributed by atoms with Crippen LogP contribution in [0.4, 0.5) is 5.69 Å². The lowest BCUT2D eigenvalue weighted by Gasteiger charge is -2.24. The highest BCUT2D eigenvalue weighted by atomic mass is 16.5. The van der Waals surface area contributed by atoms with Crippen LogP contribution in [0.2, 0.25) is 0 Å². The fourth-order valence-corrected chi connectivity index (χ4v) is 1.45. The minimum absolute atomic E-state index is 0.0144. The average molecular weight is 210 g/mol. The summed E-state index contributed by atoms with van der Waals surface area (Å²) in [6.45, 7) is 0.580. The van der Waals surface area contributed by atoms with Crippen LogP contribution in [0.15, 0.2) is 24.3 Å². The van der Waals surface area contributed by atoms with E-state index in [0.717, 1.165) is 11.4 Å². The van der Waals surface area contributed by atoms with Gasteiger partial charge in [-0.15, -0.1) is 0 Å². The number of rotatable bonds is 5. The molecule has 4 heteroatoms. The first-order valence-corrected chi connectivity index (χ1v) is 4.89. The fourth-order valence-electron chi connectivity index (χ4n) is 1.45. The molecule has 1 rings (SSSR count). The van der Waals surface area contributed by atoms with Gasteiger partial charge in [-0.1, -0.05) is 12.1 Å². The zero-order valence-electron chi connectivity index (χ0n) is 9.18. The van der Waals surface area contributed by atoms with Crippen LogP contribution < -0.4 is 15.4 Å². The van der Waals surface area contributed by atoms with Crippen molar-refractivity contribution in [2.45, 2.75) is 6.04 Å². The summed E-state index contributed by atoms with van der Waals surface area (Å²) in [7, 11) is 3.56. The molecule has 0 amide bonds. The standard InChI is InChI=1S/C11H18N2O2/c1-13(7-9(12)8-14)10-5-3-4-6-11(10)15-2/h3-6,9,14H,7-8,12H2,1-2H3. The Hall–Kier alpha value is -1.26. The van der Waals surface area contributed by atoms with Crippen molar-refractivity contribution >= 4 is 5.69 Å². The van der Waals surface area contributed by atoms with Gasteiger partial charge in [0.2, 0.25) is 0 Å². The summed E-state index contributed by atoms with van der Waals surface area (Å²) in [5, 5.41) is 8.87. The molecule has 3 N–H and O–H groups in total. The highest BCUT2D eigenvalue weighted by Gasteiger charge is 2.10. The van der Waals surface area contributed by atoms with Gasteiger partial charge >= 0.3 is 0 Å². The van der Waals surface area contributed by atoms with Crippen molar-refractivity contribution in [2.24, 2.45) is 5.73 Å². The van der Waals surface area contributed by atoms with Crippen molar-refractivity contribution in [3.05, 3.63) is 24.3 Å². The van der Waals surface area contributed by atoms with Crippen LogP contribution in [0.3, 0.4) is 0 Å². The molecule has 0 spiro atoms. The molecular weight excluding hydrogens is 192 g/mol. The minimum atomic E-state index is -0.236. The molecule has 0 fully saturated rings. The highest BCUT2D eigenvalue weighted by molar-refractivity contribution is 5.57. The second-order valence-corrected chi connectivity index (χ2v) is 3.50. The molecule has 1 unspecified atom stereocenters. The van der Waals surface area contributed by atoms with E-state index in [0.29, 0.717) is 6.54 Å². The molecule has 0 aliphatic carbocycles. The smallest absolute Gasteiger partial charge is 0.142 e. The number of para-hydroxylation sites is 2. The van der Waals surface area contributed by atoms with Crippen LogP contribution in [0.5, 0.6) is 5.75 Å². The number of aliphatic hydroxyl groups is 1. The fraction of sp³-hybridized carbons (Fsp3) is 0.455. The van der Waals surface area contributed by atoms with Gasteiger partial charge in [0.05, 0.1) is 19.4 Å². The molecule has 15 heavy (non-hydrogen) atoms. The predicted octanol–water partition coefficient (Wildman–Crippen LogP) is 0.451. The number of ether oxygens (including phenoxy) is 1. The van der Waals surface area contributed by atoms with E-state index in [1.54, 1.807) is 7.11 Å². The molecule has 1 aromatic rings. The third-order valence-electron chi connectivity index (χ3n) is 2.24. The number of aliphatic hydroxyl groups excluding tert-OH is 1. The van der Waals surface area contributed by atoms with Crippen molar-refractivity contribution in [3.8, 4) is 5.75 Å². The van der Waals surface area contributed by atoms with Gasteiger partial charge in [0.25, 0.3) is 0 Å². The first-order chi connectivity index (χ1) is 7.19. The molecule has 0 aliphatic heterocycles. The van der Waals surface area contributed by atoms with Crippen molar-refractivity contribution in [2.75, 3.05) is 32.2 Å². The van der Waals surface area contributed by atoms with E-state index in [1.807, 2.05) is 36.2 Å². The van der Waals surface area contributed by atoms with E-state index in [2.05, 4.69) is 0 Å². The topological polar surface area (TPSA) is 58.7 Å². The van der Waals surface area contributed by atoms with Crippen molar-refractivity contribution in [3.63, 3.8) is 0 Å². The molecule has 1 aromatic carbocycles. The first kappa shape index (κ1) is 11.8. The van der Waals surface area contributed by atoms with E-state index >= 15 is 0 Å². The maximum atomic E-state index is 8.87. The number of nitrogens with zero attached hydrogens (tertiary/aromatic N) is 1. The summed E-state index contributed by atoms with van der Waals surface area (Å²) in [6, 6.07) is 7.49. The van der Waals surface area contributed by atoms with Crippen molar-refractivity contribution in [1.82, 2.24) is 0 Å². The van der Waals surface area contributed by atoms with Gasteiger partial charge in [-0.2, -0.15) is 0 Å². The quantitative estimate of drug-likeness (QED) is 0.741. The number of hydrogen-bond acceptors (Lipinski definition) is 4. The first-order valence-electron chi connectivity index (χ1n) is 4.89. The zero-order valence-corrected chi connectivity index (χ0v) is 9.18. The van der Waals surface area contributed by atoms with Gasteiger partial charge in [-0.3, -0.25) is 0 Å². The van der Waals surface area contributed by atoms with Crippen LogP contribution in [0.1, 0.15) is 0 Å². The lowest BCUT2D eigenvalue weighted by molar-refractivity contribution is 0.267. The van der Waals surface area contributed by atoms with E-state index in [9.17, 15) is 0 Å². The Morgan fingerprint density at radius 2 is 2.13 bits per heavy atom. The van der Waals surface area contributed by atoms with Crippen LogP contribution in [0, 0.1) is 0 Å². The summed E-state index contributed by atoms with van der Waals surface area (Å²) in [5.41, 5.74) is 6.65. The minimum Gasteiger partial charge on any atom is -0.495 e. The average Bonchev–Trinajstić information content (AvgIpc) is 2.28. The second kappa shape index (κ2) is 5.58. The number of likely N-dealkylation sites (N-methyl/N-ethyl adjacent to an activating group) is 1. The molecule has 1 atom stereocenters. The molecule has 84 valence electrons. The summed E-state index contributed by atoms with van der Waals surface area (Å²) >= 11 is 0. The Morgan fingerprint density at radius 1 is 1.47 bits per heavy atom. The summed E-state index contributed by atoms with van der Waals surface area (Å²) in [6.07, 6.45) is 0. The Labute approximate surface area is 90.3 Å². The van der Waals surface area contributed by atoms with Gasteiger partial charge in [0.1, 0.15) is 5.75 Å². The number of methoxy groups -OCH3 is 1. The molecule has 0 radical (unpaired) electrons. The van der Waals surface area contributed by atoms with Gasteiger partial charge in [0.15, 0.2) is 0 Å². The third-order valence-corrected chi connectivity index (χ3v) is 2.24. The Morgan fingerprint density at radius 3 is 2.73 bits per heavy atom. The van der Waals surface area contributed by atoms with E-state index in [4.69, 9.17) is 15.6 Å². The van der Waals surface area contributed by atoms with Crippen LogP contribution in [-0.2, 0) is 0 Å². The maximum absolute atomic E-state index is 8.87. The van der Waals surface area contributed by atoms with Gasteiger partial charge in [0, 0.05) is 19.6 Å². The number of anilines is 1. The molecule has 0 aromatic heterocycles. The van der Waals surface area contributed by atoms with Gasteiger partial charge in [-0.25, -0.2) is 0 Å². The SMILES string of the molecule is COc1ccccc1N(C)CC(N)CO. The highest BCUT2D eigenvalue weighted by Crippen LogP contribution is 2.26. The molecule has 0 saturated carbocycles. The van der Waals surface area contributed by atoms with E-state index in [1.165, 1.54) is 0 Å². The molecule has 0 aliphatic rings. The second-order valence-electron chi connectivity index (χ2n) is 3.50. The normalized spacial score (nSPS) is 12.3. The van der Waals surface area contributed by atoms with E-state index < -0.39 is 0 Å². The number of hydrogen-bond donors (Lipinski definition) is 2. The predicted molar refractivity (Wildman–Crippen MR) is 61.3 cm³/mol. The lowest BCUT2D eigenvalue weighted by Crippen LogP contribution is -2.37. The van der Waals surface area contributed by atoms with Crippen molar-refractivity contribution in [1.29, 1.82) is 0 Å². The molecule has 0 saturated heterocycles. The van der Waals surface area contributed by atoms with E-state index in [-0.39, 0.29) is 12.6 Å². The summed E-state index contributed by atoms with van der Waals surface area (Å²) in [4.78, 5) is 1.97. The van der Waals surface area contributed by atoms with Crippen LogP contribution in [-0.4, -0.2) is 38.5 Å². The molecular formula is C11H18N2O2. The van der Waals surface area contributed by atoms with Gasteiger partial charge in [-0.05, 0) is 12.1 Å². The van der Waals surface area contributed by atoms with Crippen LogP contribution in [0.25, 0.3) is 0 Å². The summed E-state index contributed by atoms with van der Waals surface area (Å²) in [5.74, 6) is 0.810. The maximum Gasteiger partial charge on any atom is 0.142 e. The number of benzene rings is 1.